The highest BCUT2D eigenvalue weighted by Crippen LogP contribution is 2.34. The van der Waals surface area contributed by atoms with Gasteiger partial charge < -0.3 is 0 Å². The van der Waals surface area contributed by atoms with Crippen molar-refractivity contribution in [2.24, 2.45) is 0 Å². The van der Waals surface area contributed by atoms with Gasteiger partial charge >= 0.3 is 0 Å². The fourth-order valence-corrected chi connectivity index (χ4v) is 2.24. The van der Waals surface area contributed by atoms with Gasteiger partial charge in [0.1, 0.15) is 17.5 Å². The van der Waals surface area contributed by atoms with Gasteiger partial charge in [-0.1, -0.05) is 32.4 Å². The summed E-state index contributed by atoms with van der Waals surface area (Å²) in [4.78, 5) is 0. The first-order valence-electron chi connectivity index (χ1n) is 6.14. The van der Waals surface area contributed by atoms with E-state index in [1.54, 1.807) is 6.07 Å². The predicted molar refractivity (Wildman–Crippen MR) is 75.5 cm³/mol. The normalized spacial score (nSPS) is 11.8. The van der Waals surface area contributed by atoms with E-state index in [0.29, 0.717) is 16.7 Å². The maximum Gasteiger partial charge on any atom is 0.145 e. The zero-order chi connectivity index (χ0) is 15.1. The fraction of sp³-hybridized carbons (Fsp3) is 0.250. The molecule has 0 atom stereocenters. The highest BCUT2D eigenvalue weighted by molar-refractivity contribution is 6.31. The van der Waals surface area contributed by atoms with Crippen LogP contribution in [0.25, 0.3) is 11.1 Å². The molecule has 4 heteroatoms. The molecule has 0 nitrogen and oxygen atoms in total. The molecule has 0 fully saturated rings. The van der Waals surface area contributed by atoms with Crippen molar-refractivity contribution >= 4 is 11.6 Å². The lowest BCUT2D eigenvalue weighted by atomic mass is 9.85. The standard InChI is InChI=1S/C16H14ClF3/c1-16(2,3)13-6-10(7-14(17)15(13)20)9-4-11(18)8-12(19)5-9/h4-8H,1-3H3. The molecule has 0 unspecified atom stereocenters. The van der Waals surface area contributed by atoms with Crippen molar-refractivity contribution in [3.8, 4) is 11.1 Å². The Bertz CT molecular complexity index is 637. The average molecular weight is 299 g/mol. The highest BCUT2D eigenvalue weighted by atomic mass is 35.5. The fourth-order valence-electron chi connectivity index (χ4n) is 2.02. The van der Waals surface area contributed by atoms with Crippen LogP contribution in [0.2, 0.25) is 5.02 Å². The molecule has 2 aromatic rings. The molecule has 0 aromatic heterocycles. The number of halogens is 4. The van der Waals surface area contributed by atoms with Gasteiger partial charge in [0.2, 0.25) is 0 Å². The molecular formula is C16H14ClF3. The lowest BCUT2D eigenvalue weighted by Crippen LogP contribution is -2.14. The van der Waals surface area contributed by atoms with Gasteiger partial charge in [-0.3, -0.25) is 0 Å². The zero-order valence-corrected chi connectivity index (χ0v) is 12.2. The molecule has 0 radical (unpaired) electrons. The first kappa shape index (κ1) is 14.9. The van der Waals surface area contributed by atoms with Gasteiger partial charge in [0.05, 0.1) is 5.02 Å². The summed E-state index contributed by atoms with van der Waals surface area (Å²) in [5, 5.41) is -0.0582. The van der Waals surface area contributed by atoms with E-state index < -0.39 is 22.9 Å². The third-order valence-corrected chi connectivity index (χ3v) is 3.31. The Morgan fingerprint density at radius 1 is 0.800 bits per heavy atom. The molecule has 0 amide bonds. The lowest BCUT2D eigenvalue weighted by molar-refractivity contribution is 0.523. The Kier molecular flexibility index (Phi) is 3.83. The monoisotopic (exact) mass is 298 g/mol. The molecule has 0 N–H and O–H groups in total. The summed E-state index contributed by atoms with van der Waals surface area (Å²) in [7, 11) is 0. The van der Waals surface area contributed by atoms with E-state index in [-0.39, 0.29) is 5.02 Å². The van der Waals surface area contributed by atoms with Crippen LogP contribution in [0, 0.1) is 17.5 Å². The van der Waals surface area contributed by atoms with Crippen LogP contribution in [0.4, 0.5) is 13.2 Å². The molecule has 0 spiro atoms. The summed E-state index contributed by atoms with van der Waals surface area (Å²) >= 11 is 5.89. The molecule has 0 saturated heterocycles. The summed E-state index contributed by atoms with van der Waals surface area (Å²) in [5.41, 5.74) is 0.759. The lowest BCUT2D eigenvalue weighted by Gasteiger charge is -2.21. The molecule has 106 valence electrons. The zero-order valence-electron chi connectivity index (χ0n) is 11.4. The van der Waals surface area contributed by atoms with Crippen LogP contribution < -0.4 is 0 Å². The van der Waals surface area contributed by atoms with Crippen LogP contribution in [0.5, 0.6) is 0 Å². The SMILES string of the molecule is CC(C)(C)c1cc(-c2cc(F)cc(F)c2)cc(Cl)c1F. The van der Waals surface area contributed by atoms with Crippen molar-refractivity contribution in [2.45, 2.75) is 26.2 Å². The smallest absolute Gasteiger partial charge is 0.145 e. The van der Waals surface area contributed by atoms with E-state index in [2.05, 4.69) is 0 Å². The largest absolute Gasteiger partial charge is 0.207 e. The van der Waals surface area contributed by atoms with Crippen molar-refractivity contribution in [1.82, 2.24) is 0 Å². The minimum absolute atomic E-state index is 0.0582. The Balaban J connectivity index is 2.67. The van der Waals surface area contributed by atoms with Gasteiger partial charge in [-0.05, 0) is 46.4 Å². The minimum Gasteiger partial charge on any atom is -0.207 e. The Hall–Kier alpha value is -1.48. The van der Waals surface area contributed by atoms with Gasteiger partial charge in [0, 0.05) is 6.07 Å². The Labute approximate surface area is 121 Å². The van der Waals surface area contributed by atoms with E-state index in [4.69, 9.17) is 11.6 Å². The average Bonchev–Trinajstić information content (AvgIpc) is 2.29. The third-order valence-electron chi connectivity index (χ3n) is 3.03. The summed E-state index contributed by atoms with van der Waals surface area (Å²) < 4.78 is 40.6. The quantitative estimate of drug-likeness (QED) is 0.631. The summed E-state index contributed by atoms with van der Waals surface area (Å²) in [5.74, 6) is -1.87. The number of hydrogen-bond acceptors (Lipinski definition) is 0. The van der Waals surface area contributed by atoms with Crippen molar-refractivity contribution in [3.05, 3.63) is 58.4 Å². The summed E-state index contributed by atoms with van der Waals surface area (Å²) in [6.45, 7) is 5.53. The molecule has 0 saturated carbocycles. The molecule has 20 heavy (non-hydrogen) atoms. The Morgan fingerprint density at radius 2 is 1.30 bits per heavy atom. The summed E-state index contributed by atoms with van der Waals surface area (Å²) in [6, 6.07) is 6.13. The van der Waals surface area contributed by atoms with Gasteiger partial charge in [0.15, 0.2) is 0 Å². The van der Waals surface area contributed by atoms with Crippen molar-refractivity contribution in [2.75, 3.05) is 0 Å². The maximum atomic E-state index is 14.1. The molecule has 0 aliphatic rings. The first-order valence-corrected chi connectivity index (χ1v) is 6.52. The van der Waals surface area contributed by atoms with Crippen molar-refractivity contribution < 1.29 is 13.2 Å². The predicted octanol–water partition coefficient (Wildman–Crippen LogP) is 5.72. The highest BCUT2D eigenvalue weighted by Gasteiger charge is 2.22. The molecular weight excluding hydrogens is 285 g/mol. The number of hydrogen-bond donors (Lipinski definition) is 0. The van der Waals surface area contributed by atoms with Crippen LogP contribution in [0.3, 0.4) is 0 Å². The second-order valence-electron chi connectivity index (χ2n) is 5.73. The molecule has 0 heterocycles. The van der Waals surface area contributed by atoms with Crippen LogP contribution in [0.15, 0.2) is 30.3 Å². The first-order chi connectivity index (χ1) is 9.18. The second kappa shape index (κ2) is 5.13. The van der Waals surface area contributed by atoms with Gasteiger partial charge in [-0.15, -0.1) is 0 Å². The maximum absolute atomic E-state index is 14.1. The second-order valence-corrected chi connectivity index (χ2v) is 6.13. The molecule has 0 bridgehead atoms. The van der Waals surface area contributed by atoms with Gasteiger partial charge in [-0.2, -0.15) is 0 Å². The van der Waals surface area contributed by atoms with Gasteiger partial charge in [0.25, 0.3) is 0 Å². The van der Waals surface area contributed by atoms with Crippen LogP contribution in [-0.4, -0.2) is 0 Å². The van der Waals surface area contributed by atoms with Crippen molar-refractivity contribution in [3.63, 3.8) is 0 Å². The molecule has 2 rings (SSSR count). The number of rotatable bonds is 1. The summed E-state index contributed by atoms with van der Waals surface area (Å²) in [6.07, 6.45) is 0. The van der Waals surface area contributed by atoms with E-state index in [1.165, 1.54) is 18.2 Å². The van der Waals surface area contributed by atoms with E-state index in [9.17, 15) is 13.2 Å². The molecule has 0 aliphatic carbocycles. The third kappa shape index (κ3) is 2.98. The van der Waals surface area contributed by atoms with Crippen molar-refractivity contribution in [1.29, 1.82) is 0 Å². The van der Waals surface area contributed by atoms with E-state index >= 15 is 0 Å². The van der Waals surface area contributed by atoms with E-state index in [1.807, 2.05) is 20.8 Å². The van der Waals surface area contributed by atoms with Crippen LogP contribution in [0.1, 0.15) is 26.3 Å². The van der Waals surface area contributed by atoms with Crippen LogP contribution in [-0.2, 0) is 5.41 Å². The molecule has 2 aromatic carbocycles. The van der Waals surface area contributed by atoms with Crippen LogP contribution >= 0.6 is 11.6 Å². The molecule has 0 aliphatic heterocycles. The Morgan fingerprint density at radius 3 is 1.80 bits per heavy atom. The topological polar surface area (TPSA) is 0 Å². The minimum atomic E-state index is -0.683. The van der Waals surface area contributed by atoms with E-state index in [0.717, 1.165) is 6.07 Å². The van der Waals surface area contributed by atoms with Gasteiger partial charge in [-0.25, -0.2) is 13.2 Å². The number of benzene rings is 2.